The van der Waals surface area contributed by atoms with Crippen LogP contribution in [0.15, 0.2) is 84.9 Å². The predicted molar refractivity (Wildman–Crippen MR) is 408 cm³/mol. The molecule has 4 aliphatic heterocycles. The topological polar surface area (TPSA) is 198 Å². The molecule has 0 aromatic heterocycles. The van der Waals surface area contributed by atoms with Crippen molar-refractivity contribution in [1.29, 1.82) is 0 Å². The molecule has 544 valence electrons. The van der Waals surface area contributed by atoms with E-state index in [0.29, 0.717) is 85.6 Å². The average Bonchev–Trinajstić information content (AvgIpc) is 1.59. The van der Waals surface area contributed by atoms with Gasteiger partial charge in [-0.15, -0.1) is 0 Å². The van der Waals surface area contributed by atoms with Crippen LogP contribution in [0.4, 0.5) is 0 Å². The third-order valence-corrected chi connectivity index (χ3v) is 36.7. The largest absolute Gasteiger partial charge is 0.282 e. The molecule has 4 aromatic rings. The number of nitrogens with two attached hydrogens (primary N) is 4. The van der Waals surface area contributed by atoms with E-state index in [4.69, 9.17) is 22.0 Å². The first kappa shape index (κ1) is 74.1. The standard InChI is InChI=1S/C28H30N3OP.C18H34N3OP.C16H30N3OP.C16H34N3OP/c29-33(32)30(19-23-13-7-11-21-9-1-3-15-25(21)23)27-17-5-6-18-28(27)31(33)20-24-14-8-12-22-10-2-4-16-26(22)24;19-23(22)20(15-9-3-1-4-10-15)17-13-7-8-14-18(17)21(23)16-11-5-2-6-12-16;17-21(20)18(13-7-1-2-8-13)15-11-5-6-12-16(15)19(21)14-9-3-4-10-14;1-5-13(6-2)18-15-11-9-10-12-16(15)19(21(18,17)20)14(7-3)8-4/h1-4,7-16,27-28H,5-6,17-20H2,(H2,29,32);15-18H,1-14H2,(H2,19,22);13-16H,1-12H2,(H2,17,20);13-16H,5-12H2,1-4H3,(H2,17,20)/t27-,28-;17-,18-;2*15-,16-/m0111/s1. The fourth-order valence-corrected chi connectivity index (χ4v) is 33.8. The van der Waals surface area contributed by atoms with Crippen molar-refractivity contribution < 1.29 is 18.3 Å². The summed E-state index contributed by atoms with van der Waals surface area (Å²) >= 11 is 0. The van der Waals surface area contributed by atoms with E-state index in [1.807, 2.05) is 0 Å². The predicted octanol–water partition coefficient (Wildman–Crippen LogP) is 19.6. The summed E-state index contributed by atoms with van der Waals surface area (Å²) in [5.74, 6) is 0. The van der Waals surface area contributed by atoms with Crippen molar-refractivity contribution in [3.8, 4) is 0 Å². The molecule has 0 spiro atoms. The van der Waals surface area contributed by atoms with Gasteiger partial charge in [-0.05, 0) is 161 Å². The molecule has 16 nitrogen and oxygen atoms in total. The molecule has 8 saturated carbocycles. The molecule has 16 rings (SSSR count). The van der Waals surface area contributed by atoms with Gasteiger partial charge in [-0.25, -0.2) is 37.4 Å². The summed E-state index contributed by atoms with van der Waals surface area (Å²) in [4.78, 5) is 0. The first-order valence-corrected chi connectivity index (χ1v) is 47.0. The Balaban J connectivity index is 0.000000120. The fourth-order valence-electron chi connectivity index (χ4n) is 22.1. The number of fused-ring (bicyclic) bond motifs is 6. The van der Waals surface area contributed by atoms with Gasteiger partial charge in [0.15, 0.2) is 0 Å². The Morgan fingerprint density at radius 1 is 0.306 bits per heavy atom. The lowest BCUT2D eigenvalue weighted by Crippen LogP contribution is -2.45. The molecule has 12 fully saturated rings. The Bertz CT molecular complexity index is 3190. The molecule has 4 saturated heterocycles. The maximum absolute atomic E-state index is 14.4. The first-order chi connectivity index (χ1) is 47.5. The molecular weight excluding hydrogens is 1290 g/mol. The Morgan fingerprint density at radius 3 is 0.867 bits per heavy atom. The normalized spacial score (nSPS) is 31.5. The lowest BCUT2D eigenvalue weighted by atomic mass is 9.86. The minimum Gasteiger partial charge on any atom is -0.271 e. The Morgan fingerprint density at radius 2 is 0.561 bits per heavy atom. The fraction of sp³-hybridized carbons (Fsp3) is 0.744. The van der Waals surface area contributed by atoms with E-state index in [0.717, 1.165) is 38.5 Å². The molecule has 8 aliphatic carbocycles. The van der Waals surface area contributed by atoms with Gasteiger partial charge in [0.1, 0.15) is 0 Å². The van der Waals surface area contributed by atoms with Gasteiger partial charge < -0.3 is 0 Å². The van der Waals surface area contributed by atoms with Crippen molar-refractivity contribution in [2.75, 3.05) is 0 Å². The molecule has 12 aliphatic rings. The maximum Gasteiger partial charge on any atom is 0.282 e. The van der Waals surface area contributed by atoms with Crippen LogP contribution in [0.3, 0.4) is 0 Å². The lowest BCUT2D eigenvalue weighted by Gasteiger charge is -2.39. The minimum absolute atomic E-state index is 0.239. The summed E-state index contributed by atoms with van der Waals surface area (Å²) < 4.78 is 73.8. The van der Waals surface area contributed by atoms with E-state index < -0.39 is 30.4 Å². The monoisotopic (exact) mass is 1420 g/mol. The number of hydrogen-bond donors (Lipinski definition) is 4. The molecule has 98 heavy (non-hydrogen) atoms. The van der Waals surface area contributed by atoms with Gasteiger partial charge in [0.05, 0.1) is 0 Å². The second-order valence-corrected chi connectivity index (χ2v) is 40.7. The van der Waals surface area contributed by atoms with Crippen LogP contribution in [0.2, 0.25) is 0 Å². The quantitative estimate of drug-likeness (QED) is 0.0869. The van der Waals surface area contributed by atoms with E-state index in [1.165, 1.54) is 238 Å². The SMILES string of the molecule is CCC(CC)N1[C@@H]2CCCC[C@H]2N(C(CC)CC)P1(N)=O.NP1(=O)N(C2CCCC2)[C@@H]2CCCC[C@H]2N1C1CCCC1.NP1(=O)N(C2CCCCC2)[C@@H]2CCCC[C@H]2N1C1CCCCC1.NP1(=O)N(Cc2cccc3ccccc23)[C@H]2CCCC[C@@H]2N1Cc1cccc2ccccc12. The van der Waals surface area contributed by atoms with Gasteiger partial charge in [0.25, 0.3) is 30.4 Å². The summed E-state index contributed by atoms with van der Waals surface area (Å²) in [7, 11) is -11.7. The first-order valence-electron chi connectivity index (χ1n) is 40.3. The molecule has 0 amide bonds. The summed E-state index contributed by atoms with van der Waals surface area (Å²) in [6.07, 6.45) is 46.2. The van der Waals surface area contributed by atoms with Crippen LogP contribution in [0.1, 0.15) is 283 Å². The van der Waals surface area contributed by atoms with Crippen LogP contribution in [-0.4, -0.2) is 122 Å². The van der Waals surface area contributed by atoms with Gasteiger partial charge in [-0.3, -0.25) is 40.3 Å². The molecule has 0 radical (unpaired) electrons. The van der Waals surface area contributed by atoms with Crippen molar-refractivity contribution in [1.82, 2.24) is 37.4 Å². The number of benzene rings is 4. The molecule has 0 unspecified atom stereocenters. The summed E-state index contributed by atoms with van der Waals surface area (Å²) in [6.45, 7) is 10.1. The second kappa shape index (κ2) is 32.7. The molecule has 8 atom stereocenters. The van der Waals surface area contributed by atoms with Crippen LogP contribution in [0.5, 0.6) is 0 Å². The smallest absolute Gasteiger partial charge is 0.271 e. The molecule has 4 heterocycles. The van der Waals surface area contributed by atoms with E-state index in [1.54, 1.807) is 0 Å². The third kappa shape index (κ3) is 14.8. The Kier molecular flexibility index (Phi) is 24.7. The highest BCUT2D eigenvalue weighted by Gasteiger charge is 2.61. The van der Waals surface area contributed by atoms with E-state index in [9.17, 15) is 18.3 Å². The summed E-state index contributed by atoms with van der Waals surface area (Å²) in [6, 6.07) is 35.6. The van der Waals surface area contributed by atoms with Crippen LogP contribution < -0.4 is 22.0 Å². The highest BCUT2D eigenvalue weighted by molar-refractivity contribution is 7.58. The second-order valence-electron chi connectivity index (χ2n) is 32.2. The lowest BCUT2D eigenvalue weighted by molar-refractivity contribution is 0.133. The van der Waals surface area contributed by atoms with Crippen LogP contribution in [-0.2, 0) is 31.3 Å². The van der Waals surface area contributed by atoms with Crippen molar-refractivity contribution in [2.24, 2.45) is 22.0 Å². The highest BCUT2D eigenvalue weighted by atomic mass is 31.2. The molecular formula is C78H128N12O4P4. The van der Waals surface area contributed by atoms with Crippen molar-refractivity contribution >= 4 is 51.9 Å². The van der Waals surface area contributed by atoms with Gasteiger partial charge in [0, 0.05) is 97.7 Å². The third-order valence-electron chi connectivity index (χ3n) is 26.7. The Labute approximate surface area is 591 Å². The Hall–Kier alpha value is -2.16. The van der Waals surface area contributed by atoms with Gasteiger partial charge in [-0.2, -0.15) is 0 Å². The number of nitrogens with zero attached hydrogens (tertiary/aromatic N) is 8. The molecule has 4 aromatic carbocycles. The van der Waals surface area contributed by atoms with E-state index >= 15 is 0 Å². The van der Waals surface area contributed by atoms with Crippen molar-refractivity contribution in [2.45, 2.75) is 369 Å². The van der Waals surface area contributed by atoms with E-state index in [2.05, 4.69) is 150 Å². The minimum atomic E-state index is -3.19. The average molecular weight is 1420 g/mol. The zero-order valence-corrected chi connectivity index (χ0v) is 64.3. The van der Waals surface area contributed by atoms with Gasteiger partial charge >= 0.3 is 0 Å². The number of hydrogen-bond acceptors (Lipinski definition) is 4. The zero-order valence-electron chi connectivity index (χ0n) is 60.8. The number of rotatable bonds is 14. The maximum atomic E-state index is 14.4. The van der Waals surface area contributed by atoms with Gasteiger partial charge in [-0.1, -0.05) is 228 Å². The van der Waals surface area contributed by atoms with Crippen LogP contribution in [0, 0.1) is 0 Å². The summed E-state index contributed by atoms with van der Waals surface area (Å²) in [5.41, 5.74) is 29.1. The zero-order chi connectivity index (χ0) is 68.3. The van der Waals surface area contributed by atoms with E-state index in [-0.39, 0.29) is 12.1 Å². The van der Waals surface area contributed by atoms with Crippen molar-refractivity contribution in [3.63, 3.8) is 0 Å². The molecule has 20 heteroatoms. The van der Waals surface area contributed by atoms with Crippen LogP contribution in [0.25, 0.3) is 21.5 Å². The van der Waals surface area contributed by atoms with Gasteiger partial charge in [0.2, 0.25) is 0 Å². The van der Waals surface area contributed by atoms with Crippen LogP contribution >= 0.6 is 30.4 Å². The molecule has 0 bridgehead atoms. The molecule has 8 N–H and O–H groups in total. The van der Waals surface area contributed by atoms with Crippen molar-refractivity contribution in [3.05, 3.63) is 96.1 Å². The highest BCUT2D eigenvalue weighted by Crippen LogP contribution is 2.66. The summed E-state index contributed by atoms with van der Waals surface area (Å²) in [5, 5.41) is 4.88.